The molecule has 1 saturated heterocycles. The summed E-state index contributed by atoms with van der Waals surface area (Å²) in [4.78, 5) is 14.6. The van der Waals surface area contributed by atoms with Crippen LogP contribution in [-0.4, -0.2) is 63.1 Å². The van der Waals surface area contributed by atoms with Crippen LogP contribution in [0.1, 0.15) is 24.5 Å². The number of benzene rings is 2. The summed E-state index contributed by atoms with van der Waals surface area (Å²) in [6.45, 7) is 7.07. The molecule has 1 heterocycles. The summed E-state index contributed by atoms with van der Waals surface area (Å²) in [6.07, 6.45) is 0.973. The van der Waals surface area contributed by atoms with Gasteiger partial charge in [0, 0.05) is 19.6 Å². The van der Waals surface area contributed by atoms with Crippen molar-refractivity contribution in [3.05, 3.63) is 59.7 Å². The first kappa shape index (κ1) is 22.8. The molecule has 1 aliphatic heterocycles. The first-order chi connectivity index (χ1) is 15.2. The van der Waals surface area contributed by atoms with Crippen LogP contribution < -0.4 is 14.9 Å². The van der Waals surface area contributed by atoms with Crippen molar-refractivity contribution in [3.8, 4) is 11.5 Å². The van der Waals surface area contributed by atoms with Gasteiger partial charge in [-0.1, -0.05) is 19.1 Å². The Balaban J connectivity index is 1.48. The van der Waals surface area contributed by atoms with E-state index in [0.29, 0.717) is 13.0 Å². The van der Waals surface area contributed by atoms with Crippen molar-refractivity contribution in [2.45, 2.75) is 19.8 Å². The second-order valence-electron chi connectivity index (χ2n) is 7.30. The maximum absolute atomic E-state index is 12.2. The molecule has 0 spiro atoms. The van der Waals surface area contributed by atoms with E-state index in [4.69, 9.17) is 14.2 Å². The number of hydrogen-bond donors (Lipinski definition) is 1. The molecule has 0 atom stereocenters. The molecule has 0 aromatic heterocycles. The lowest BCUT2D eigenvalue weighted by Gasteiger charge is -2.26. The Hall–Kier alpha value is -2.90. The molecule has 1 fully saturated rings. The monoisotopic (exact) mass is 425 g/mol. The van der Waals surface area contributed by atoms with Crippen molar-refractivity contribution in [1.82, 2.24) is 10.3 Å². The van der Waals surface area contributed by atoms with E-state index < -0.39 is 0 Å². The molecule has 0 radical (unpaired) electrons. The van der Waals surface area contributed by atoms with Crippen LogP contribution in [-0.2, 0) is 16.0 Å². The summed E-state index contributed by atoms with van der Waals surface area (Å²) >= 11 is 0. The molecule has 31 heavy (non-hydrogen) atoms. The van der Waals surface area contributed by atoms with E-state index in [2.05, 4.69) is 15.4 Å². The lowest BCUT2D eigenvalue weighted by atomic mass is 10.1. The number of methoxy groups -OCH3 is 1. The van der Waals surface area contributed by atoms with Gasteiger partial charge in [0.1, 0.15) is 18.1 Å². The van der Waals surface area contributed by atoms with Gasteiger partial charge in [-0.15, -0.1) is 0 Å². The number of nitrogens with one attached hydrogen (secondary N) is 1. The second-order valence-corrected chi connectivity index (χ2v) is 7.30. The summed E-state index contributed by atoms with van der Waals surface area (Å²) in [5, 5.41) is 4.33. The van der Waals surface area contributed by atoms with E-state index in [9.17, 15) is 4.79 Å². The Kier molecular flexibility index (Phi) is 8.87. The molecule has 3 rings (SSSR count). The fourth-order valence-corrected chi connectivity index (χ4v) is 3.31. The van der Waals surface area contributed by atoms with Crippen molar-refractivity contribution in [2.75, 3.05) is 46.6 Å². The molecule has 1 aliphatic rings. The topological polar surface area (TPSA) is 72.4 Å². The van der Waals surface area contributed by atoms with Crippen LogP contribution >= 0.6 is 0 Å². The molecule has 1 N–H and O–H groups in total. The van der Waals surface area contributed by atoms with Gasteiger partial charge in [-0.3, -0.25) is 9.69 Å². The second kappa shape index (κ2) is 12.1. The molecule has 166 valence electrons. The van der Waals surface area contributed by atoms with Gasteiger partial charge in [0.2, 0.25) is 5.91 Å². The number of hydrogen-bond acceptors (Lipinski definition) is 6. The minimum Gasteiger partial charge on any atom is -0.497 e. The molecule has 2 aromatic carbocycles. The summed E-state index contributed by atoms with van der Waals surface area (Å²) in [7, 11) is 1.62. The van der Waals surface area contributed by atoms with Crippen LogP contribution in [0.4, 0.5) is 0 Å². The highest BCUT2D eigenvalue weighted by Crippen LogP contribution is 2.15. The molecule has 2 aromatic rings. The molecule has 0 unspecified atom stereocenters. The van der Waals surface area contributed by atoms with Crippen LogP contribution in [0.15, 0.2) is 53.6 Å². The Bertz CT molecular complexity index is 844. The molecule has 0 saturated carbocycles. The van der Waals surface area contributed by atoms with Crippen molar-refractivity contribution >= 4 is 11.6 Å². The average molecular weight is 426 g/mol. The molecular weight excluding hydrogens is 394 g/mol. The highest BCUT2D eigenvalue weighted by atomic mass is 16.5. The van der Waals surface area contributed by atoms with Crippen LogP contribution in [0.2, 0.25) is 0 Å². The van der Waals surface area contributed by atoms with E-state index in [0.717, 1.165) is 61.2 Å². The quantitative estimate of drug-likeness (QED) is 0.468. The first-order valence-electron chi connectivity index (χ1n) is 10.7. The summed E-state index contributed by atoms with van der Waals surface area (Å²) in [6, 6.07) is 15.3. The predicted molar refractivity (Wildman–Crippen MR) is 121 cm³/mol. The Morgan fingerprint density at radius 2 is 1.74 bits per heavy atom. The maximum atomic E-state index is 12.2. The first-order valence-corrected chi connectivity index (χ1v) is 10.7. The molecule has 0 aliphatic carbocycles. The van der Waals surface area contributed by atoms with E-state index in [1.54, 1.807) is 7.11 Å². The SMILES string of the molecule is CCC(=NNC(=O)Cc1ccc(OC)cc1)c1ccc(OCCN2CCOCC2)cc1. The fraction of sp³-hybridized carbons (Fsp3) is 0.417. The largest absolute Gasteiger partial charge is 0.497 e. The normalized spacial score (nSPS) is 14.8. The molecule has 0 bridgehead atoms. The van der Waals surface area contributed by atoms with Gasteiger partial charge >= 0.3 is 0 Å². The summed E-state index contributed by atoms with van der Waals surface area (Å²) in [5.74, 6) is 1.44. The van der Waals surface area contributed by atoms with Gasteiger partial charge in [0.15, 0.2) is 0 Å². The van der Waals surface area contributed by atoms with Gasteiger partial charge in [-0.05, 0) is 53.9 Å². The van der Waals surface area contributed by atoms with Gasteiger partial charge in [-0.25, -0.2) is 5.43 Å². The third-order valence-electron chi connectivity index (χ3n) is 5.14. The summed E-state index contributed by atoms with van der Waals surface area (Å²) in [5.41, 5.74) is 5.36. The fourth-order valence-electron chi connectivity index (χ4n) is 3.31. The number of carbonyl (C=O) groups is 1. The third kappa shape index (κ3) is 7.38. The third-order valence-corrected chi connectivity index (χ3v) is 5.14. The number of amides is 1. The van der Waals surface area contributed by atoms with E-state index in [1.807, 2.05) is 55.5 Å². The van der Waals surface area contributed by atoms with E-state index in [-0.39, 0.29) is 12.3 Å². The van der Waals surface area contributed by atoms with Gasteiger partial charge in [0.05, 0.1) is 32.5 Å². The van der Waals surface area contributed by atoms with Crippen LogP contribution in [0.5, 0.6) is 11.5 Å². The minimum atomic E-state index is -0.154. The van der Waals surface area contributed by atoms with E-state index in [1.165, 1.54) is 0 Å². The van der Waals surface area contributed by atoms with Crippen LogP contribution in [0.3, 0.4) is 0 Å². The zero-order chi connectivity index (χ0) is 21.9. The lowest BCUT2D eigenvalue weighted by molar-refractivity contribution is -0.120. The number of rotatable bonds is 10. The number of morpholine rings is 1. The van der Waals surface area contributed by atoms with Crippen molar-refractivity contribution < 1.29 is 19.0 Å². The predicted octanol–water partition coefficient (Wildman–Crippen LogP) is 2.88. The highest BCUT2D eigenvalue weighted by Gasteiger charge is 2.10. The standard InChI is InChI=1S/C24H31N3O4/c1-3-23(25-26-24(28)18-19-4-8-21(29-2)9-5-19)20-6-10-22(11-7-20)31-17-14-27-12-15-30-16-13-27/h4-11H,3,12-18H2,1-2H3,(H,26,28). The highest BCUT2D eigenvalue weighted by molar-refractivity contribution is 6.01. The lowest BCUT2D eigenvalue weighted by Crippen LogP contribution is -2.38. The van der Waals surface area contributed by atoms with Crippen molar-refractivity contribution in [1.29, 1.82) is 0 Å². The average Bonchev–Trinajstić information content (AvgIpc) is 2.81. The van der Waals surface area contributed by atoms with Crippen LogP contribution in [0.25, 0.3) is 0 Å². The van der Waals surface area contributed by atoms with Gasteiger partial charge in [-0.2, -0.15) is 5.10 Å². The van der Waals surface area contributed by atoms with Gasteiger partial charge < -0.3 is 14.2 Å². The molecule has 7 nitrogen and oxygen atoms in total. The summed E-state index contributed by atoms with van der Waals surface area (Å²) < 4.78 is 16.4. The Morgan fingerprint density at radius 1 is 1.06 bits per heavy atom. The Morgan fingerprint density at radius 3 is 2.39 bits per heavy atom. The number of ether oxygens (including phenoxy) is 3. The molecular formula is C24H31N3O4. The zero-order valence-electron chi connectivity index (χ0n) is 18.3. The molecule has 7 heteroatoms. The van der Waals surface area contributed by atoms with E-state index >= 15 is 0 Å². The number of carbonyl (C=O) groups excluding carboxylic acids is 1. The number of nitrogens with zero attached hydrogens (tertiary/aromatic N) is 2. The molecule has 1 amide bonds. The number of hydrazone groups is 1. The Labute approximate surface area is 184 Å². The minimum absolute atomic E-state index is 0.154. The van der Waals surface area contributed by atoms with Crippen molar-refractivity contribution in [3.63, 3.8) is 0 Å². The van der Waals surface area contributed by atoms with Gasteiger partial charge in [0.25, 0.3) is 0 Å². The smallest absolute Gasteiger partial charge is 0.244 e. The van der Waals surface area contributed by atoms with Crippen molar-refractivity contribution in [2.24, 2.45) is 5.10 Å². The van der Waals surface area contributed by atoms with Crippen LogP contribution in [0, 0.1) is 0 Å². The zero-order valence-corrected chi connectivity index (χ0v) is 18.3. The maximum Gasteiger partial charge on any atom is 0.244 e.